The highest BCUT2D eigenvalue weighted by Gasteiger charge is 2.20. The Morgan fingerprint density at radius 1 is 1.53 bits per heavy atom. The number of nitrogens with zero attached hydrogens (tertiary/aromatic N) is 2. The Labute approximate surface area is 112 Å². The molecule has 0 spiro atoms. The summed E-state index contributed by atoms with van der Waals surface area (Å²) >= 11 is 1.16. The highest BCUT2D eigenvalue weighted by atomic mass is 32.2. The standard InChI is InChI=1S/C12H9F2N3OS/c1-7-10(6-18)19-12(16-7)17-15-5-8-3-2-4-9(13)11(8)14/h2-5,12,17H,1H3. The summed E-state index contributed by atoms with van der Waals surface area (Å²) in [7, 11) is 0. The van der Waals surface area contributed by atoms with E-state index in [1.807, 2.05) is 0 Å². The van der Waals surface area contributed by atoms with Crippen LogP contribution in [0.25, 0.3) is 0 Å². The quantitative estimate of drug-likeness (QED) is 0.524. The second-order valence-corrected chi connectivity index (χ2v) is 4.74. The smallest absolute Gasteiger partial charge is 0.186 e. The molecule has 0 fully saturated rings. The lowest BCUT2D eigenvalue weighted by atomic mass is 10.2. The summed E-state index contributed by atoms with van der Waals surface area (Å²) in [6, 6.07) is 3.82. The van der Waals surface area contributed by atoms with E-state index in [0.717, 1.165) is 24.0 Å². The molecule has 19 heavy (non-hydrogen) atoms. The van der Waals surface area contributed by atoms with E-state index >= 15 is 0 Å². The molecule has 1 N–H and O–H groups in total. The largest absolute Gasteiger partial charge is 0.276 e. The molecule has 0 amide bonds. The van der Waals surface area contributed by atoms with E-state index < -0.39 is 17.1 Å². The van der Waals surface area contributed by atoms with Crippen LogP contribution in [0.2, 0.25) is 0 Å². The Morgan fingerprint density at radius 2 is 2.32 bits per heavy atom. The molecular weight excluding hydrogens is 272 g/mol. The zero-order valence-electron chi connectivity index (χ0n) is 9.85. The minimum absolute atomic E-state index is 0.0300. The van der Waals surface area contributed by atoms with E-state index in [9.17, 15) is 13.6 Å². The topological polar surface area (TPSA) is 53.8 Å². The molecule has 1 atom stereocenters. The fraction of sp³-hybridized carbons (Fsp3) is 0.167. The third-order valence-electron chi connectivity index (χ3n) is 2.33. The van der Waals surface area contributed by atoms with Gasteiger partial charge in [0.1, 0.15) is 10.8 Å². The summed E-state index contributed by atoms with van der Waals surface area (Å²) in [6.07, 6.45) is 1.16. The van der Waals surface area contributed by atoms with Gasteiger partial charge in [0.15, 0.2) is 17.1 Å². The molecule has 98 valence electrons. The van der Waals surface area contributed by atoms with Crippen LogP contribution in [-0.4, -0.2) is 23.4 Å². The summed E-state index contributed by atoms with van der Waals surface area (Å²) < 4.78 is 26.2. The van der Waals surface area contributed by atoms with Gasteiger partial charge in [-0.3, -0.25) is 10.4 Å². The molecule has 1 aromatic rings. The first-order valence-electron chi connectivity index (χ1n) is 5.31. The van der Waals surface area contributed by atoms with E-state index in [1.165, 1.54) is 12.1 Å². The number of benzene rings is 1. The fourth-order valence-electron chi connectivity index (χ4n) is 1.40. The zero-order valence-corrected chi connectivity index (χ0v) is 10.7. The second-order valence-electron chi connectivity index (χ2n) is 3.65. The zero-order chi connectivity index (χ0) is 13.8. The van der Waals surface area contributed by atoms with Crippen LogP contribution in [0.4, 0.5) is 8.78 Å². The van der Waals surface area contributed by atoms with E-state index in [1.54, 1.807) is 12.9 Å². The Morgan fingerprint density at radius 3 is 3.00 bits per heavy atom. The van der Waals surface area contributed by atoms with Gasteiger partial charge < -0.3 is 0 Å². The number of hydrogen-bond acceptors (Lipinski definition) is 5. The molecule has 0 aliphatic carbocycles. The normalized spacial score (nSPS) is 18.6. The van der Waals surface area contributed by atoms with Gasteiger partial charge in [-0.15, -0.1) is 0 Å². The van der Waals surface area contributed by atoms with Gasteiger partial charge in [-0.2, -0.15) is 5.10 Å². The maximum absolute atomic E-state index is 13.3. The van der Waals surface area contributed by atoms with Crippen LogP contribution < -0.4 is 5.43 Å². The summed E-state index contributed by atoms with van der Waals surface area (Å²) in [5, 5.41) is 3.78. The molecule has 0 saturated carbocycles. The van der Waals surface area contributed by atoms with Gasteiger partial charge in [-0.1, -0.05) is 23.9 Å². The molecule has 0 saturated heterocycles. The average Bonchev–Trinajstić information content (AvgIpc) is 2.75. The van der Waals surface area contributed by atoms with Crippen molar-refractivity contribution in [1.29, 1.82) is 0 Å². The van der Waals surface area contributed by atoms with Gasteiger partial charge in [0.25, 0.3) is 0 Å². The molecule has 0 aromatic heterocycles. The van der Waals surface area contributed by atoms with Crippen molar-refractivity contribution in [2.24, 2.45) is 10.1 Å². The Hall–Kier alpha value is -1.98. The Bertz CT molecular complexity index is 609. The molecular formula is C12H9F2N3OS. The molecule has 0 radical (unpaired) electrons. The summed E-state index contributed by atoms with van der Waals surface area (Å²) in [5.74, 6) is -0.124. The molecule has 1 heterocycles. The van der Waals surface area contributed by atoms with E-state index in [-0.39, 0.29) is 5.56 Å². The molecule has 1 aliphatic rings. The van der Waals surface area contributed by atoms with Crippen LogP contribution >= 0.6 is 11.8 Å². The van der Waals surface area contributed by atoms with Gasteiger partial charge in [-0.25, -0.2) is 13.6 Å². The monoisotopic (exact) mass is 281 g/mol. The summed E-state index contributed by atoms with van der Waals surface area (Å²) in [6.45, 7) is 1.69. The Kier molecular flexibility index (Phi) is 4.09. The van der Waals surface area contributed by atoms with E-state index in [0.29, 0.717) is 10.6 Å². The van der Waals surface area contributed by atoms with Crippen LogP contribution in [0.15, 0.2) is 33.2 Å². The van der Waals surface area contributed by atoms with E-state index in [2.05, 4.69) is 15.5 Å². The lowest BCUT2D eigenvalue weighted by Gasteiger charge is -2.03. The number of allylic oxidation sites excluding steroid dienone is 1. The van der Waals surface area contributed by atoms with Gasteiger partial charge in [0.05, 0.1) is 11.9 Å². The van der Waals surface area contributed by atoms with E-state index in [4.69, 9.17) is 0 Å². The van der Waals surface area contributed by atoms with Gasteiger partial charge in [0.2, 0.25) is 0 Å². The first kappa shape index (κ1) is 13.5. The van der Waals surface area contributed by atoms with Crippen molar-refractivity contribution >= 4 is 29.6 Å². The van der Waals surface area contributed by atoms with Crippen LogP contribution in [0.3, 0.4) is 0 Å². The molecule has 1 aromatic carbocycles. The Balaban J connectivity index is 2.02. The minimum atomic E-state index is -0.958. The number of rotatable bonds is 3. The van der Waals surface area contributed by atoms with Crippen LogP contribution in [0, 0.1) is 11.6 Å². The van der Waals surface area contributed by atoms with Crippen molar-refractivity contribution in [1.82, 2.24) is 5.43 Å². The summed E-state index contributed by atoms with van der Waals surface area (Å²) in [5.41, 5.74) is 2.78. The maximum Gasteiger partial charge on any atom is 0.186 e. The van der Waals surface area contributed by atoms with Crippen molar-refractivity contribution in [3.63, 3.8) is 0 Å². The first-order valence-corrected chi connectivity index (χ1v) is 6.19. The maximum atomic E-state index is 13.3. The predicted molar refractivity (Wildman–Crippen MR) is 70.8 cm³/mol. The molecule has 1 unspecified atom stereocenters. The number of nitrogens with one attached hydrogen (secondary N) is 1. The van der Waals surface area contributed by atoms with Crippen LogP contribution in [-0.2, 0) is 4.79 Å². The number of hydrazone groups is 1. The van der Waals surface area contributed by atoms with Crippen molar-refractivity contribution in [3.05, 3.63) is 40.3 Å². The minimum Gasteiger partial charge on any atom is -0.276 e. The average molecular weight is 281 g/mol. The SMILES string of the molecule is CC1=NC(NN=Cc2cccc(F)c2F)SC1=C=O. The van der Waals surface area contributed by atoms with Crippen molar-refractivity contribution in [2.75, 3.05) is 0 Å². The van der Waals surface area contributed by atoms with Crippen molar-refractivity contribution in [3.8, 4) is 0 Å². The van der Waals surface area contributed by atoms with Crippen LogP contribution in [0.5, 0.6) is 0 Å². The van der Waals surface area contributed by atoms with Crippen LogP contribution in [0.1, 0.15) is 12.5 Å². The van der Waals surface area contributed by atoms with Gasteiger partial charge in [-0.05, 0) is 13.0 Å². The van der Waals surface area contributed by atoms with Gasteiger partial charge >= 0.3 is 0 Å². The lowest BCUT2D eigenvalue weighted by Crippen LogP contribution is -2.16. The molecule has 2 rings (SSSR count). The number of halogens is 2. The van der Waals surface area contributed by atoms with Crippen molar-refractivity contribution < 1.29 is 13.6 Å². The molecule has 4 nitrogen and oxygen atoms in total. The molecule has 0 bridgehead atoms. The fourth-order valence-corrected chi connectivity index (χ4v) is 2.22. The second kappa shape index (κ2) is 5.77. The molecule has 7 heteroatoms. The third kappa shape index (κ3) is 3.07. The summed E-state index contributed by atoms with van der Waals surface area (Å²) in [4.78, 5) is 15.0. The third-order valence-corrected chi connectivity index (χ3v) is 3.38. The molecule has 1 aliphatic heterocycles. The highest BCUT2D eigenvalue weighted by Crippen LogP contribution is 2.27. The van der Waals surface area contributed by atoms with Crippen molar-refractivity contribution in [2.45, 2.75) is 12.4 Å². The van der Waals surface area contributed by atoms with Gasteiger partial charge in [0, 0.05) is 5.56 Å². The number of carbonyl (C=O) groups excluding carboxylic acids is 1. The number of aliphatic imine (C=N–C) groups is 1. The highest BCUT2D eigenvalue weighted by molar-refractivity contribution is 8.05. The lowest BCUT2D eigenvalue weighted by molar-refractivity contribution is 0.507. The first-order chi connectivity index (χ1) is 9.11. The number of thioether (sulfide) groups is 1. The predicted octanol–water partition coefficient (Wildman–Crippen LogP) is 2.10. The number of hydrogen-bond donors (Lipinski definition) is 1.